The van der Waals surface area contributed by atoms with Crippen LogP contribution in [0, 0.1) is 11.7 Å². The summed E-state index contributed by atoms with van der Waals surface area (Å²) >= 11 is 0. The van der Waals surface area contributed by atoms with Crippen LogP contribution in [0.3, 0.4) is 0 Å². The highest BCUT2D eigenvalue weighted by molar-refractivity contribution is 6.39. The van der Waals surface area contributed by atoms with Gasteiger partial charge in [-0.3, -0.25) is 9.59 Å². The minimum atomic E-state index is -0.343. The number of hydrazone groups is 1. The molecule has 0 saturated heterocycles. The van der Waals surface area contributed by atoms with E-state index in [0.29, 0.717) is 25.1 Å². The number of rotatable bonds is 7. The number of amides is 2. The van der Waals surface area contributed by atoms with Crippen LogP contribution in [0.2, 0.25) is 0 Å². The van der Waals surface area contributed by atoms with Gasteiger partial charge in [0.25, 0.3) is 5.91 Å². The molecule has 0 radical (unpaired) electrons. The van der Waals surface area contributed by atoms with E-state index in [0.717, 1.165) is 5.56 Å². The molecule has 6 nitrogen and oxygen atoms in total. The number of hydrogen-bond acceptors (Lipinski definition) is 4. The van der Waals surface area contributed by atoms with Crippen molar-refractivity contribution in [1.29, 1.82) is 0 Å². The lowest BCUT2D eigenvalue weighted by Crippen LogP contribution is -2.40. The number of carbonyl (C=O) groups excluding carboxylic acids is 2. The van der Waals surface area contributed by atoms with E-state index in [2.05, 4.69) is 10.4 Å². The Labute approximate surface area is 140 Å². The van der Waals surface area contributed by atoms with E-state index in [-0.39, 0.29) is 43.1 Å². The third-order valence-electron chi connectivity index (χ3n) is 3.85. The molecule has 1 aromatic rings. The Morgan fingerprint density at radius 3 is 2.75 bits per heavy atom. The number of nitrogens with zero attached hydrogens (tertiary/aromatic N) is 2. The number of nitrogens with one attached hydrogen (secondary N) is 1. The SMILES string of the molecule is CC(CCO)CNC(=O)C1=NN(Cc2ccc(F)cc2)C(=O)CC1. The highest BCUT2D eigenvalue weighted by Gasteiger charge is 2.24. The average Bonchev–Trinajstić information content (AvgIpc) is 2.57. The molecule has 130 valence electrons. The van der Waals surface area contributed by atoms with Gasteiger partial charge in [-0.2, -0.15) is 5.10 Å². The van der Waals surface area contributed by atoms with Crippen LogP contribution in [0.25, 0.3) is 0 Å². The lowest BCUT2D eigenvalue weighted by molar-refractivity contribution is -0.132. The lowest BCUT2D eigenvalue weighted by Gasteiger charge is -2.23. The van der Waals surface area contributed by atoms with E-state index >= 15 is 0 Å². The molecule has 0 spiro atoms. The number of aliphatic hydroxyl groups is 1. The Hall–Kier alpha value is -2.28. The zero-order chi connectivity index (χ0) is 17.5. The van der Waals surface area contributed by atoms with Gasteiger partial charge in [-0.05, 0) is 30.0 Å². The molecule has 2 rings (SSSR count). The zero-order valence-corrected chi connectivity index (χ0v) is 13.7. The van der Waals surface area contributed by atoms with Crippen LogP contribution in [-0.4, -0.2) is 40.8 Å². The summed E-state index contributed by atoms with van der Waals surface area (Å²) in [5, 5.41) is 17.0. The Morgan fingerprint density at radius 2 is 2.08 bits per heavy atom. The van der Waals surface area contributed by atoms with Gasteiger partial charge in [0.1, 0.15) is 11.5 Å². The quantitative estimate of drug-likeness (QED) is 0.791. The predicted molar refractivity (Wildman–Crippen MR) is 87.5 cm³/mol. The Kier molecular flexibility index (Phi) is 6.43. The number of hydrogen-bond donors (Lipinski definition) is 2. The normalized spacial score (nSPS) is 15.9. The smallest absolute Gasteiger partial charge is 0.267 e. The molecule has 0 fully saturated rings. The molecule has 2 N–H and O–H groups in total. The van der Waals surface area contributed by atoms with Crippen LogP contribution in [0.5, 0.6) is 0 Å². The molecular formula is C17H22FN3O3. The van der Waals surface area contributed by atoms with Crippen molar-refractivity contribution in [3.8, 4) is 0 Å². The zero-order valence-electron chi connectivity index (χ0n) is 13.7. The van der Waals surface area contributed by atoms with Crippen LogP contribution >= 0.6 is 0 Å². The molecule has 24 heavy (non-hydrogen) atoms. The highest BCUT2D eigenvalue weighted by atomic mass is 19.1. The molecule has 0 aliphatic carbocycles. The molecule has 1 aliphatic heterocycles. The van der Waals surface area contributed by atoms with Crippen molar-refractivity contribution < 1.29 is 19.1 Å². The minimum Gasteiger partial charge on any atom is -0.396 e. The fourth-order valence-corrected chi connectivity index (χ4v) is 2.34. The van der Waals surface area contributed by atoms with Crippen LogP contribution in [0.4, 0.5) is 4.39 Å². The topological polar surface area (TPSA) is 82.0 Å². The summed E-state index contributed by atoms with van der Waals surface area (Å²) in [4.78, 5) is 24.1. The summed E-state index contributed by atoms with van der Waals surface area (Å²) in [7, 11) is 0. The number of benzene rings is 1. The van der Waals surface area contributed by atoms with Gasteiger partial charge < -0.3 is 10.4 Å². The summed E-state index contributed by atoms with van der Waals surface area (Å²) in [5.41, 5.74) is 1.06. The van der Waals surface area contributed by atoms with E-state index in [4.69, 9.17) is 5.11 Å². The second-order valence-corrected chi connectivity index (χ2v) is 5.95. The van der Waals surface area contributed by atoms with Crippen molar-refractivity contribution in [2.75, 3.05) is 13.2 Å². The van der Waals surface area contributed by atoms with Gasteiger partial charge in [-0.15, -0.1) is 0 Å². The van der Waals surface area contributed by atoms with E-state index in [1.54, 1.807) is 12.1 Å². The first-order valence-electron chi connectivity index (χ1n) is 8.01. The fourth-order valence-electron chi connectivity index (χ4n) is 2.34. The number of halogens is 1. The van der Waals surface area contributed by atoms with Crippen LogP contribution in [-0.2, 0) is 16.1 Å². The first-order valence-corrected chi connectivity index (χ1v) is 8.01. The number of carbonyl (C=O) groups is 2. The van der Waals surface area contributed by atoms with Crippen LogP contribution in [0.15, 0.2) is 29.4 Å². The van der Waals surface area contributed by atoms with Gasteiger partial charge >= 0.3 is 0 Å². The highest BCUT2D eigenvalue weighted by Crippen LogP contribution is 2.14. The van der Waals surface area contributed by atoms with E-state index in [1.165, 1.54) is 17.1 Å². The molecular weight excluding hydrogens is 313 g/mol. The number of aliphatic hydroxyl groups excluding tert-OH is 1. The maximum Gasteiger partial charge on any atom is 0.267 e. The third-order valence-corrected chi connectivity index (χ3v) is 3.85. The van der Waals surface area contributed by atoms with Crippen LogP contribution < -0.4 is 5.32 Å². The maximum absolute atomic E-state index is 12.9. The van der Waals surface area contributed by atoms with Gasteiger partial charge in [0.15, 0.2) is 0 Å². The van der Waals surface area contributed by atoms with Gasteiger partial charge in [-0.25, -0.2) is 9.40 Å². The summed E-state index contributed by atoms with van der Waals surface area (Å²) < 4.78 is 12.9. The second-order valence-electron chi connectivity index (χ2n) is 5.95. The summed E-state index contributed by atoms with van der Waals surface area (Å²) in [5.74, 6) is -0.634. The average molecular weight is 335 g/mol. The largest absolute Gasteiger partial charge is 0.396 e. The summed E-state index contributed by atoms with van der Waals surface area (Å²) in [6.07, 6.45) is 1.14. The molecule has 7 heteroatoms. The van der Waals surface area contributed by atoms with E-state index < -0.39 is 0 Å². The summed E-state index contributed by atoms with van der Waals surface area (Å²) in [6, 6.07) is 5.82. The van der Waals surface area contributed by atoms with Crippen molar-refractivity contribution in [2.45, 2.75) is 32.7 Å². The Balaban J connectivity index is 1.98. The van der Waals surface area contributed by atoms with Gasteiger partial charge in [0, 0.05) is 26.0 Å². The first kappa shape index (κ1) is 18.1. The van der Waals surface area contributed by atoms with Crippen molar-refractivity contribution in [3.05, 3.63) is 35.6 Å². The Bertz CT molecular complexity index is 616. The lowest BCUT2D eigenvalue weighted by atomic mass is 10.1. The minimum absolute atomic E-state index is 0.0813. The van der Waals surface area contributed by atoms with Crippen molar-refractivity contribution in [3.63, 3.8) is 0 Å². The fraction of sp³-hybridized carbons (Fsp3) is 0.471. The molecule has 1 heterocycles. The van der Waals surface area contributed by atoms with Gasteiger partial charge in [0.05, 0.1) is 6.54 Å². The molecule has 1 unspecified atom stereocenters. The summed E-state index contributed by atoms with van der Waals surface area (Å²) in [6.45, 7) is 2.67. The first-order chi connectivity index (χ1) is 11.5. The molecule has 0 bridgehead atoms. The standard InChI is InChI=1S/C17H22FN3O3/c1-12(8-9-22)10-19-17(24)15-6-7-16(23)21(20-15)11-13-2-4-14(18)5-3-13/h2-5,12,22H,6-11H2,1H3,(H,19,24). The third kappa shape index (κ3) is 5.13. The maximum atomic E-state index is 12.9. The van der Waals surface area contributed by atoms with E-state index in [1.807, 2.05) is 6.92 Å². The van der Waals surface area contributed by atoms with Crippen molar-refractivity contribution >= 4 is 17.5 Å². The molecule has 1 aromatic carbocycles. The van der Waals surface area contributed by atoms with Crippen molar-refractivity contribution in [2.24, 2.45) is 11.0 Å². The molecule has 0 saturated carbocycles. The van der Waals surface area contributed by atoms with Crippen LogP contribution in [0.1, 0.15) is 31.7 Å². The molecule has 1 atom stereocenters. The molecule has 0 aromatic heterocycles. The molecule has 2 amide bonds. The monoisotopic (exact) mass is 335 g/mol. The Morgan fingerprint density at radius 1 is 1.38 bits per heavy atom. The second kappa shape index (κ2) is 8.54. The van der Waals surface area contributed by atoms with Crippen molar-refractivity contribution in [1.82, 2.24) is 10.3 Å². The predicted octanol–water partition coefficient (Wildman–Crippen LogP) is 1.44. The van der Waals surface area contributed by atoms with Gasteiger partial charge in [0.2, 0.25) is 5.91 Å². The van der Waals surface area contributed by atoms with Gasteiger partial charge in [-0.1, -0.05) is 19.1 Å². The molecule has 1 aliphatic rings. The van der Waals surface area contributed by atoms with E-state index in [9.17, 15) is 14.0 Å².